The van der Waals surface area contributed by atoms with Gasteiger partial charge in [-0.1, -0.05) is 42.0 Å². The Kier molecular flexibility index (Phi) is 4.78. The first-order valence-electron chi connectivity index (χ1n) is 6.69. The molecule has 0 heterocycles. The van der Waals surface area contributed by atoms with Crippen LogP contribution in [0.25, 0.3) is 0 Å². The van der Waals surface area contributed by atoms with Gasteiger partial charge in [-0.3, -0.25) is 15.1 Å². The number of hydrogen-bond acceptors (Lipinski definition) is 3. The lowest BCUT2D eigenvalue weighted by atomic mass is 10.1. The fraction of sp³-hybridized carbons (Fsp3) is 0.188. The van der Waals surface area contributed by atoms with Gasteiger partial charge in [0.05, 0.1) is 11.5 Å². The minimum atomic E-state index is -4.57. The molecule has 0 bridgehead atoms. The summed E-state index contributed by atoms with van der Waals surface area (Å²) in [4.78, 5) is 13.6. The molecule has 0 radical (unpaired) electrons. The Hall–Kier alpha value is -2.70. The van der Waals surface area contributed by atoms with Gasteiger partial charge in [-0.15, -0.1) is 0 Å². The van der Waals surface area contributed by atoms with E-state index in [2.05, 4.69) is 4.99 Å². The number of hydrogen-bond donors (Lipinski definition) is 0. The van der Waals surface area contributed by atoms with Crippen LogP contribution >= 0.6 is 0 Å². The van der Waals surface area contributed by atoms with E-state index in [1.54, 1.807) is 19.1 Å². The number of non-ortho nitro benzene ring substituents is 1. The number of nitro groups is 1. The smallest absolute Gasteiger partial charge is 0.275 e. The van der Waals surface area contributed by atoms with Crippen molar-refractivity contribution >= 4 is 11.4 Å². The van der Waals surface area contributed by atoms with Crippen molar-refractivity contribution in [2.45, 2.75) is 19.6 Å². The normalized spacial score (nSPS) is 12.3. The van der Waals surface area contributed by atoms with Crippen molar-refractivity contribution < 1.29 is 18.1 Å². The molecule has 0 amide bonds. The molecule has 120 valence electrons. The Balaban J connectivity index is 2.27. The summed E-state index contributed by atoms with van der Waals surface area (Å²) in [6.45, 7) is 1.58. The molecule has 4 nitrogen and oxygen atoms in total. The van der Waals surface area contributed by atoms with Crippen molar-refractivity contribution in [2.75, 3.05) is 0 Å². The molecule has 0 saturated carbocycles. The second kappa shape index (κ2) is 6.60. The van der Waals surface area contributed by atoms with Gasteiger partial charge in [-0.2, -0.15) is 13.2 Å². The fourth-order valence-corrected chi connectivity index (χ4v) is 1.95. The highest BCUT2D eigenvalue weighted by Crippen LogP contribution is 2.24. The summed E-state index contributed by atoms with van der Waals surface area (Å²) in [7, 11) is 0. The van der Waals surface area contributed by atoms with E-state index in [1.165, 1.54) is 36.4 Å². The number of benzene rings is 2. The van der Waals surface area contributed by atoms with Gasteiger partial charge in [0.15, 0.2) is 0 Å². The number of halogens is 3. The van der Waals surface area contributed by atoms with Gasteiger partial charge in [-0.25, -0.2) is 0 Å². The Morgan fingerprint density at radius 2 is 1.65 bits per heavy atom. The monoisotopic (exact) mass is 322 g/mol. The van der Waals surface area contributed by atoms with Crippen LogP contribution in [0.3, 0.4) is 0 Å². The van der Waals surface area contributed by atoms with Crippen molar-refractivity contribution in [3.05, 3.63) is 75.3 Å². The average Bonchev–Trinajstić information content (AvgIpc) is 2.48. The number of alkyl halides is 3. The summed E-state index contributed by atoms with van der Waals surface area (Å²) in [5, 5.41) is 10.6. The zero-order chi connectivity index (χ0) is 17.0. The maximum absolute atomic E-state index is 13.2. The van der Waals surface area contributed by atoms with Crippen molar-refractivity contribution in [1.82, 2.24) is 0 Å². The summed E-state index contributed by atoms with van der Waals surface area (Å²) in [5.41, 5.74) is 0.225. The third kappa shape index (κ3) is 4.38. The van der Waals surface area contributed by atoms with Gasteiger partial charge in [0.1, 0.15) is 5.71 Å². The van der Waals surface area contributed by atoms with Crippen molar-refractivity contribution in [1.29, 1.82) is 0 Å². The van der Waals surface area contributed by atoms with E-state index in [4.69, 9.17) is 0 Å². The maximum atomic E-state index is 13.2. The molecule has 2 aromatic rings. The van der Waals surface area contributed by atoms with E-state index in [0.29, 0.717) is 5.56 Å². The van der Waals surface area contributed by atoms with E-state index in [-0.39, 0.29) is 17.8 Å². The summed E-state index contributed by atoms with van der Waals surface area (Å²) in [6.07, 6.45) is -4.57. The first-order valence-corrected chi connectivity index (χ1v) is 6.69. The van der Waals surface area contributed by atoms with Crippen LogP contribution < -0.4 is 0 Å². The topological polar surface area (TPSA) is 55.5 Å². The minimum absolute atomic E-state index is 0.00925. The minimum Gasteiger partial charge on any atom is -0.275 e. The third-order valence-electron chi connectivity index (χ3n) is 3.16. The number of aryl methyl sites for hydroxylation is 1. The lowest BCUT2D eigenvalue weighted by Crippen LogP contribution is -2.24. The molecule has 0 saturated heterocycles. The van der Waals surface area contributed by atoms with E-state index in [9.17, 15) is 23.3 Å². The predicted octanol–water partition coefficient (Wildman–Crippen LogP) is 4.45. The highest BCUT2D eigenvalue weighted by Gasteiger charge is 2.36. The summed E-state index contributed by atoms with van der Waals surface area (Å²) in [5.74, 6) is 0. The predicted molar refractivity (Wildman–Crippen MR) is 80.6 cm³/mol. The number of rotatable bonds is 4. The summed E-state index contributed by atoms with van der Waals surface area (Å²) in [6, 6.07) is 11.2. The number of aliphatic imine (C=N–C) groups is 1. The lowest BCUT2D eigenvalue weighted by Gasteiger charge is -2.11. The molecule has 0 unspecified atom stereocenters. The summed E-state index contributed by atoms with van der Waals surface area (Å²) < 4.78 is 39.5. The highest BCUT2D eigenvalue weighted by atomic mass is 19.4. The van der Waals surface area contributed by atoms with Crippen LogP contribution in [0.15, 0.2) is 53.5 Å². The molecule has 7 heteroatoms. The first kappa shape index (κ1) is 16.7. The first-order chi connectivity index (χ1) is 10.8. The van der Waals surface area contributed by atoms with Crippen LogP contribution in [0.1, 0.15) is 16.7 Å². The van der Waals surface area contributed by atoms with Crippen LogP contribution in [0.4, 0.5) is 18.9 Å². The van der Waals surface area contributed by atoms with Crippen molar-refractivity contribution in [3.63, 3.8) is 0 Å². The Bertz CT molecular complexity index is 720. The average molecular weight is 322 g/mol. The summed E-state index contributed by atoms with van der Waals surface area (Å²) >= 11 is 0. The molecular weight excluding hydrogens is 309 g/mol. The molecular formula is C16H13F3N2O2. The molecule has 0 atom stereocenters. The van der Waals surface area contributed by atoms with Gasteiger partial charge >= 0.3 is 6.18 Å². The van der Waals surface area contributed by atoms with Crippen LogP contribution in [-0.4, -0.2) is 16.8 Å². The largest absolute Gasteiger partial charge is 0.433 e. The molecule has 2 rings (SSSR count). The fourth-order valence-electron chi connectivity index (χ4n) is 1.95. The second-order valence-corrected chi connectivity index (χ2v) is 4.95. The van der Waals surface area contributed by atoms with Gasteiger partial charge in [-0.05, 0) is 12.5 Å². The van der Waals surface area contributed by atoms with Gasteiger partial charge < -0.3 is 0 Å². The third-order valence-corrected chi connectivity index (χ3v) is 3.16. The highest BCUT2D eigenvalue weighted by molar-refractivity contribution is 6.04. The lowest BCUT2D eigenvalue weighted by molar-refractivity contribution is -0.384. The Morgan fingerprint density at radius 1 is 1.09 bits per heavy atom. The quantitative estimate of drug-likeness (QED) is 0.474. The number of nitro benzene ring substituents is 1. The molecule has 0 N–H and O–H groups in total. The van der Waals surface area contributed by atoms with Gasteiger partial charge in [0, 0.05) is 17.7 Å². The molecule has 2 aromatic carbocycles. The molecule has 0 aliphatic heterocycles. The van der Waals surface area contributed by atoms with E-state index >= 15 is 0 Å². The van der Waals surface area contributed by atoms with Gasteiger partial charge in [0.25, 0.3) is 5.69 Å². The number of nitrogens with zero attached hydrogens (tertiary/aromatic N) is 2. The van der Waals surface area contributed by atoms with E-state index in [1.807, 2.05) is 0 Å². The molecule has 0 aliphatic carbocycles. The Morgan fingerprint density at radius 3 is 2.13 bits per heavy atom. The Labute approximate surface area is 130 Å². The maximum Gasteiger partial charge on any atom is 0.433 e. The van der Waals surface area contributed by atoms with Crippen LogP contribution in [0, 0.1) is 17.0 Å². The van der Waals surface area contributed by atoms with Crippen molar-refractivity contribution in [2.24, 2.45) is 4.99 Å². The second-order valence-electron chi connectivity index (χ2n) is 4.95. The SMILES string of the molecule is Cc1ccc(C(=NCc2ccc([N+](=O)[O-])cc2)C(F)(F)F)cc1. The zero-order valence-corrected chi connectivity index (χ0v) is 12.2. The van der Waals surface area contributed by atoms with Crippen LogP contribution in [0.5, 0.6) is 0 Å². The molecule has 0 aliphatic rings. The standard InChI is InChI=1S/C16H13F3N2O2/c1-11-2-6-13(7-3-11)15(16(17,18)19)20-10-12-4-8-14(9-5-12)21(22)23/h2-9H,10H2,1H3. The molecule has 0 aromatic heterocycles. The molecule has 0 spiro atoms. The van der Waals surface area contributed by atoms with Crippen LogP contribution in [-0.2, 0) is 6.54 Å². The van der Waals surface area contributed by atoms with E-state index < -0.39 is 16.8 Å². The van der Waals surface area contributed by atoms with E-state index in [0.717, 1.165) is 5.56 Å². The zero-order valence-electron chi connectivity index (χ0n) is 12.2. The van der Waals surface area contributed by atoms with Gasteiger partial charge in [0.2, 0.25) is 0 Å². The molecule has 0 fully saturated rings. The van der Waals surface area contributed by atoms with Crippen molar-refractivity contribution in [3.8, 4) is 0 Å². The molecule has 23 heavy (non-hydrogen) atoms. The van der Waals surface area contributed by atoms with Crippen LogP contribution in [0.2, 0.25) is 0 Å².